The van der Waals surface area contributed by atoms with Gasteiger partial charge >= 0.3 is 0 Å². The summed E-state index contributed by atoms with van der Waals surface area (Å²) in [6.45, 7) is 3.15. The molecule has 0 aliphatic heterocycles. The van der Waals surface area contributed by atoms with Crippen LogP contribution in [0.3, 0.4) is 0 Å². The lowest BCUT2D eigenvalue weighted by Gasteiger charge is -2.22. The summed E-state index contributed by atoms with van der Waals surface area (Å²) in [5, 5.41) is 0. The van der Waals surface area contributed by atoms with Gasteiger partial charge in [-0.3, -0.25) is 0 Å². The molecule has 0 bridgehead atoms. The van der Waals surface area contributed by atoms with Gasteiger partial charge in [-0.15, -0.1) is 0 Å². The van der Waals surface area contributed by atoms with Crippen molar-refractivity contribution in [2.24, 2.45) is 5.73 Å². The molecule has 15 heavy (non-hydrogen) atoms. The Kier molecular flexibility index (Phi) is 5.32. The average molecular weight is 209 g/mol. The van der Waals surface area contributed by atoms with Gasteiger partial charge in [0.15, 0.2) is 0 Å². The zero-order chi connectivity index (χ0) is 11.1. The third-order valence-corrected chi connectivity index (χ3v) is 2.29. The first-order chi connectivity index (χ1) is 7.29. The van der Waals surface area contributed by atoms with Crippen LogP contribution in [0.2, 0.25) is 0 Å². The number of benzene rings is 1. The summed E-state index contributed by atoms with van der Waals surface area (Å²) in [6, 6.07) is 9.84. The van der Waals surface area contributed by atoms with Crippen LogP contribution in [0.5, 0.6) is 0 Å². The quantitative estimate of drug-likeness (QED) is 0.776. The average Bonchev–Trinajstić information content (AvgIpc) is 2.29. The van der Waals surface area contributed by atoms with E-state index in [4.69, 9.17) is 15.2 Å². The zero-order valence-electron chi connectivity index (χ0n) is 9.35. The van der Waals surface area contributed by atoms with Crippen LogP contribution in [-0.4, -0.2) is 26.4 Å². The molecule has 1 rings (SSSR count). The fraction of sp³-hybridized carbons (Fsp3) is 0.500. The molecule has 3 heteroatoms. The minimum atomic E-state index is -0.127. The lowest BCUT2D eigenvalue weighted by Crippen LogP contribution is -2.34. The minimum Gasteiger partial charge on any atom is -0.380 e. The van der Waals surface area contributed by atoms with Crippen molar-refractivity contribution < 1.29 is 9.47 Å². The molecule has 3 nitrogen and oxygen atoms in total. The first-order valence-corrected chi connectivity index (χ1v) is 5.20. The molecule has 0 heterocycles. The van der Waals surface area contributed by atoms with Crippen molar-refractivity contribution in [3.05, 3.63) is 35.9 Å². The lowest BCUT2D eigenvalue weighted by atomic mass is 10.0. The summed E-state index contributed by atoms with van der Waals surface area (Å²) in [6.07, 6.45) is -0.0993. The molecular formula is C12H19NO2. The highest BCUT2D eigenvalue weighted by Gasteiger charge is 2.18. The normalized spacial score (nSPS) is 14.9. The standard InChI is InChI=1S/C12H19NO2/c1-3-15-9-11(13)12(14-2)10-7-5-4-6-8-10/h4-8,11-12H,3,9,13H2,1-2H3. The van der Waals surface area contributed by atoms with Crippen molar-refractivity contribution in [3.8, 4) is 0 Å². The van der Waals surface area contributed by atoms with E-state index in [1.807, 2.05) is 37.3 Å². The van der Waals surface area contributed by atoms with E-state index in [1.165, 1.54) is 0 Å². The summed E-state index contributed by atoms with van der Waals surface area (Å²) >= 11 is 0. The van der Waals surface area contributed by atoms with Crippen molar-refractivity contribution in [1.82, 2.24) is 0 Å². The number of nitrogens with two attached hydrogens (primary N) is 1. The van der Waals surface area contributed by atoms with Crippen molar-refractivity contribution in [3.63, 3.8) is 0 Å². The summed E-state index contributed by atoms with van der Waals surface area (Å²) in [7, 11) is 1.67. The second-order valence-corrected chi connectivity index (χ2v) is 3.39. The second kappa shape index (κ2) is 6.56. The highest BCUT2D eigenvalue weighted by Crippen LogP contribution is 2.19. The van der Waals surface area contributed by atoms with Crippen LogP contribution in [-0.2, 0) is 9.47 Å². The first-order valence-electron chi connectivity index (χ1n) is 5.20. The van der Waals surface area contributed by atoms with Crippen molar-refractivity contribution in [2.45, 2.75) is 19.1 Å². The Hall–Kier alpha value is -0.900. The number of hydrogen-bond donors (Lipinski definition) is 1. The van der Waals surface area contributed by atoms with Crippen LogP contribution in [0.1, 0.15) is 18.6 Å². The van der Waals surface area contributed by atoms with Crippen molar-refractivity contribution in [2.75, 3.05) is 20.3 Å². The Bertz CT molecular complexity index is 264. The highest BCUT2D eigenvalue weighted by atomic mass is 16.5. The molecule has 0 spiro atoms. The highest BCUT2D eigenvalue weighted by molar-refractivity contribution is 5.19. The van der Waals surface area contributed by atoms with Gasteiger partial charge in [-0.1, -0.05) is 30.3 Å². The third-order valence-electron chi connectivity index (χ3n) is 2.29. The van der Waals surface area contributed by atoms with Crippen LogP contribution >= 0.6 is 0 Å². The second-order valence-electron chi connectivity index (χ2n) is 3.39. The van der Waals surface area contributed by atoms with E-state index in [1.54, 1.807) is 7.11 Å². The van der Waals surface area contributed by atoms with Gasteiger partial charge < -0.3 is 15.2 Å². The lowest BCUT2D eigenvalue weighted by molar-refractivity contribution is 0.0365. The van der Waals surface area contributed by atoms with Crippen LogP contribution in [0.25, 0.3) is 0 Å². The molecule has 0 fully saturated rings. The first kappa shape index (κ1) is 12.2. The van der Waals surface area contributed by atoms with Crippen LogP contribution in [0.4, 0.5) is 0 Å². The van der Waals surface area contributed by atoms with Crippen LogP contribution in [0.15, 0.2) is 30.3 Å². The number of rotatable bonds is 6. The molecule has 0 amide bonds. The summed E-state index contributed by atoms with van der Waals surface area (Å²) < 4.78 is 10.7. The zero-order valence-corrected chi connectivity index (χ0v) is 9.35. The monoisotopic (exact) mass is 209 g/mol. The number of ether oxygens (including phenoxy) is 2. The van der Waals surface area contributed by atoms with Gasteiger partial charge in [0.05, 0.1) is 18.8 Å². The third kappa shape index (κ3) is 3.63. The fourth-order valence-electron chi connectivity index (χ4n) is 1.54. The van der Waals surface area contributed by atoms with Gasteiger partial charge in [-0.2, -0.15) is 0 Å². The molecule has 0 aliphatic carbocycles. The van der Waals surface area contributed by atoms with E-state index in [0.717, 1.165) is 5.56 Å². The molecule has 1 aromatic carbocycles. The molecule has 1 aromatic rings. The number of hydrogen-bond acceptors (Lipinski definition) is 3. The molecular weight excluding hydrogens is 190 g/mol. The largest absolute Gasteiger partial charge is 0.380 e. The van der Waals surface area contributed by atoms with Gasteiger partial charge in [0, 0.05) is 13.7 Å². The number of methoxy groups -OCH3 is 1. The summed E-state index contributed by atoms with van der Waals surface area (Å²) in [5.41, 5.74) is 7.09. The SMILES string of the molecule is CCOCC(N)C(OC)c1ccccc1. The Balaban J connectivity index is 2.63. The Morgan fingerprint density at radius 1 is 1.27 bits per heavy atom. The fourth-order valence-corrected chi connectivity index (χ4v) is 1.54. The molecule has 0 aliphatic rings. The minimum absolute atomic E-state index is 0.0993. The van der Waals surface area contributed by atoms with E-state index in [2.05, 4.69) is 0 Å². The topological polar surface area (TPSA) is 44.5 Å². The van der Waals surface area contributed by atoms with E-state index in [0.29, 0.717) is 13.2 Å². The maximum Gasteiger partial charge on any atom is 0.0994 e. The van der Waals surface area contributed by atoms with Gasteiger partial charge in [-0.25, -0.2) is 0 Å². The van der Waals surface area contributed by atoms with Crippen molar-refractivity contribution >= 4 is 0 Å². The van der Waals surface area contributed by atoms with Gasteiger partial charge in [-0.05, 0) is 12.5 Å². The molecule has 0 radical (unpaired) electrons. The van der Waals surface area contributed by atoms with Crippen molar-refractivity contribution in [1.29, 1.82) is 0 Å². The van der Waals surface area contributed by atoms with E-state index >= 15 is 0 Å². The Morgan fingerprint density at radius 2 is 1.93 bits per heavy atom. The molecule has 0 saturated heterocycles. The molecule has 84 valence electrons. The maximum absolute atomic E-state index is 6.00. The molecule has 2 N–H and O–H groups in total. The predicted molar refractivity (Wildman–Crippen MR) is 60.7 cm³/mol. The van der Waals surface area contributed by atoms with Gasteiger partial charge in [0.1, 0.15) is 0 Å². The molecule has 2 unspecified atom stereocenters. The Morgan fingerprint density at radius 3 is 2.47 bits per heavy atom. The van der Waals surface area contributed by atoms with E-state index in [9.17, 15) is 0 Å². The molecule has 0 saturated carbocycles. The predicted octanol–water partition coefficient (Wildman–Crippen LogP) is 1.74. The summed E-state index contributed by atoms with van der Waals surface area (Å²) in [5.74, 6) is 0. The van der Waals surface area contributed by atoms with Gasteiger partial charge in [0.25, 0.3) is 0 Å². The maximum atomic E-state index is 6.00. The summed E-state index contributed by atoms with van der Waals surface area (Å²) in [4.78, 5) is 0. The molecule has 0 aromatic heterocycles. The van der Waals surface area contributed by atoms with E-state index < -0.39 is 0 Å². The van der Waals surface area contributed by atoms with Crippen LogP contribution < -0.4 is 5.73 Å². The van der Waals surface area contributed by atoms with Crippen LogP contribution in [0, 0.1) is 0 Å². The van der Waals surface area contributed by atoms with E-state index in [-0.39, 0.29) is 12.1 Å². The Labute approximate surface area is 91.2 Å². The smallest absolute Gasteiger partial charge is 0.0994 e. The molecule has 2 atom stereocenters. The van der Waals surface area contributed by atoms with Gasteiger partial charge in [0.2, 0.25) is 0 Å².